The third-order valence-corrected chi connectivity index (χ3v) is 7.56. The summed E-state index contributed by atoms with van der Waals surface area (Å²) in [4.78, 5) is 26.2. The average molecular weight is 516 g/mol. The fourth-order valence-corrected chi connectivity index (χ4v) is 5.98. The lowest BCUT2D eigenvalue weighted by atomic mass is 10.0. The second-order valence-electron chi connectivity index (χ2n) is 8.51. The summed E-state index contributed by atoms with van der Waals surface area (Å²) in [7, 11) is 0. The van der Waals surface area contributed by atoms with Crippen molar-refractivity contribution in [3.63, 3.8) is 0 Å². The largest absolute Gasteiger partial charge is 0.506 e. The van der Waals surface area contributed by atoms with Crippen LogP contribution in [-0.4, -0.2) is 21.6 Å². The molecule has 37 heavy (non-hydrogen) atoms. The van der Waals surface area contributed by atoms with Crippen LogP contribution in [0.15, 0.2) is 95.8 Å². The monoisotopic (exact) mass is 515 g/mol. The minimum absolute atomic E-state index is 0.0193. The predicted molar refractivity (Wildman–Crippen MR) is 140 cm³/mol. The molecule has 0 saturated heterocycles. The van der Waals surface area contributed by atoms with Gasteiger partial charge in [0.2, 0.25) is 0 Å². The van der Waals surface area contributed by atoms with E-state index in [9.17, 15) is 27.9 Å². The molecule has 6 aromatic rings. The number of para-hydroxylation sites is 1. The van der Waals surface area contributed by atoms with Crippen LogP contribution in [0.25, 0.3) is 47.9 Å². The highest BCUT2D eigenvalue weighted by molar-refractivity contribution is 7.26. The van der Waals surface area contributed by atoms with Crippen molar-refractivity contribution in [3.05, 3.63) is 107 Å². The number of thiophene rings is 1. The molecule has 2 aromatic heterocycles. The number of ketones is 1. The fourth-order valence-electron chi connectivity index (χ4n) is 4.74. The second-order valence-corrected chi connectivity index (χ2v) is 9.56. The van der Waals surface area contributed by atoms with E-state index >= 15 is 0 Å². The molecule has 182 valence electrons. The average Bonchev–Trinajstić information content (AvgIpc) is 3.28. The molecule has 0 aliphatic rings. The van der Waals surface area contributed by atoms with Crippen LogP contribution in [0.3, 0.4) is 0 Å². The quantitative estimate of drug-likeness (QED) is 0.249. The lowest BCUT2D eigenvalue weighted by Crippen LogP contribution is -2.33. The molecular weight excluding hydrogens is 499 g/mol. The number of hydrogen-bond donors (Lipinski definition) is 1. The van der Waals surface area contributed by atoms with Crippen LogP contribution >= 0.6 is 11.3 Å². The first-order valence-electron chi connectivity index (χ1n) is 11.3. The smallest absolute Gasteiger partial charge is 0.455 e. The van der Waals surface area contributed by atoms with Gasteiger partial charge in [0.25, 0.3) is 11.3 Å². The first-order valence-corrected chi connectivity index (χ1v) is 12.1. The van der Waals surface area contributed by atoms with Gasteiger partial charge < -0.3 is 5.11 Å². The van der Waals surface area contributed by atoms with Crippen molar-refractivity contribution in [2.24, 2.45) is 0 Å². The Hall–Kier alpha value is -4.43. The number of benzene rings is 4. The molecule has 4 aromatic carbocycles. The van der Waals surface area contributed by atoms with Gasteiger partial charge in [-0.25, -0.2) is 0 Å². The molecule has 6 rings (SSSR count). The van der Waals surface area contributed by atoms with Gasteiger partial charge in [-0.15, -0.1) is 11.3 Å². The Morgan fingerprint density at radius 2 is 1.43 bits per heavy atom. The van der Waals surface area contributed by atoms with Gasteiger partial charge in [-0.05, 0) is 23.8 Å². The number of aromatic hydroxyl groups is 1. The van der Waals surface area contributed by atoms with Gasteiger partial charge in [-0.2, -0.15) is 13.2 Å². The highest BCUT2D eigenvalue weighted by atomic mass is 32.1. The number of carbonyl (C=O) groups excluding carboxylic acids is 1. The summed E-state index contributed by atoms with van der Waals surface area (Å²) in [5, 5.41) is 12.6. The van der Waals surface area contributed by atoms with Gasteiger partial charge in [0.05, 0.1) is 15.9 Å². The molecule has 4 nitrogen and oxygen atoms in total. The van der Waals surface area contributed by atoms with Crippen LogP contribution in [-0.2, 0) is 0 Å². The maximum absolute atomic E-state index is 13.8. The molecule has 0 unspecified atom stereocenters. The number of Topliss-reactive ketones (excluding diaryl/α,β-unsaturated/α-hetero) is 1. The Kier molecular flexibility index (Phi) is 5.17. The second kappa shape index (κ2) is 8.31. The number of alkyl halides is 3. The molecule has 8 heteroatoms. The summed E-state index contributed by atoms with van der Waals surface area (Å²) in [5.41, 5.74) is -0.684. The van der Waals surface area contributed by atoms with Crippen molar-refractivity contribution >= 4 is 48.2 Å². The maximum atomic E-state index is 13.8. The molecule has 1 N–H and O–H groups in total. The Labute approximate surface area is 211 Å². The number of rotatable bonds is 3. The lowest BCUT2D eigenvalue weighted by Gasteiger charge is -2.18. The van der Waals surface area contributed by atoms with Crippen molar-refractivity contribution in [1.29, 1.82) is 0 Å². The standard InChI is InChI=1S/C29H16F3NO3S/c30-29(31,32)27(35)23-25(34)20-15-14-19-18-11-5-7-13-22(18)37-26(19)24(20)33(28(23)36)21-12-6-4-10-17(21)16-8-2-1-3-9-16/h1-15,34H. The Bertz CT molecular complexity index is 1920. The molecule has 2 heterocycles. The van der Waals surface area contributed by atoms with Gasteiger partial charge >= 0.3 is 6.18 Å². The minimum atomic E-state index is -5.34. The Morgan fingerprint density at radius 3 is 2.19 bits per heavy atom. The van der Waals surface area contributed by atoms with Crippen LogP contribution < -0.4 is 5.56 Å². The Morgan fingerprint density at radius 1 is 0.784 bits per heavy atom. The van der Waals surface area contributed by atoms with E-state index in [0.29, 0.717) is 16.0 Å². The van der Waals surface area contributed by atoms with Crippen LogP contribution in [0.2, 0.25) is 0 Å². The molecular formula is C29H16F3NO3S. The van der Waals surface area contributed by atoms with Gasteiger partial charge in [0, 0.05) is 26.4 Å². The molecule has 0 amide bonds. The number of carbonyl (C=O) groups is 1. The Balaban J connectivity index is 1.85. The highest BCUT2D eigenvalue weighted by Crippen LogP contribution is 2.42. The summed E-state index contributed by atoms with van der Waals surface area (Å²) in [6.07, 6.45) is -5.34. The SMILES string of the molecule is O=C(c1c(O)c2ccc3c4ccccc4sc3c2n(-c2ccccc2-c2ccccc2)c1=O)C(F)(F)F. The highest BCUT2D eigenvalue weighted by Gasteiger charge is 2.43. The summed E-state index contributed by atoms with van der Waals surface area (Å²) in [6.45, 7) is 0. The third-order valence-electron chi connectivity index (χ3n) is 6.37. The number of hydrogen-bond acceptors (Lipinski definition) is 4. The maximum Gasteiger partial charge on any atom is 0.455 e. The van der Waals surface area contributed by atoms with Crippen LogP contribution in [0, 0.1) is 0 Å². The van der Waals surface area contributed by atoms with E-state index in [-0.39, 0.29) is 10.9 Å². The zero-order valence-electron chi connectivity index (χ0n) is 18.9. The summed E-state index contributed by atoms with van der Waals surface area (Å²) < 4.78 is 43.3. The van der Waals surface area contributed by atoms with Crippen LogP contribution in [0.1, 0.15) is 10.4 Å². The number of pyridine rings is 1. The van der Waals surface area contributed by atoms with Gasteiger partial charge in [-0.1, -0.05) is 72.8 Å². The molecule has 0 atom stereocenters. The molecule has 0 radical (unpaired) electrons. The number of aromatic nitrogens is 1. The van der Waals surface area contributed by atoms with Crippen molar-refractivity contribution in [1.82, 2.24) is 4.57 Å². The molecule has 0 bridgehead atoms. The van der Waals surface area contributed by atoms with Gasteiger partial charge in [0.15, 0.2) is 0 Å². The third kappa shape index (κ3) is 3.52. The predicted octanol–water partition coefficient (Wildman–Crippen LogP) is 7.48. The molecule has 0 aliphatic heterocycles. The van der Waals surface area contributed by atoms with E-state index in [4.69, 9.17) is 0 Å². The van der Waals surface area contributed by atoms with Crippen LogP contribution in [0.5, 0.6) is 5.75 Å². The van der Waals surface area contributed by atoms with E-state index in [1.54, 1.807) is 30.3 Å². The molecule has 0 saturated carbocycles. The summed E-state index contributed by atoms with van der Waals surface area (Å²) in [6, 6.07) is 26.6. The summed E-state index contributed by atoms with van der Waals surface area (Å²) in [5.74, 6) is -3.37. The zero-order chi connectivity index (χ0) is 25.9. The van der Waals surface area contributed by atoms with Crippen molar-refractivity contribution < 1.29 is 23.1 Å². The zero-order valence-corrected chi connectivity index (χ0v) is 19.7. The topological polar surface area (TPSA) is 59.3 Å². The molecule has 0 fully saturated rings. The minimum Gasteiger partial charge on any atom is -0.506 e. The van der Waals surface area contributed by atoms with E-state index in [1.165, 1.54) is 17.4 Å². The number of nitrogens with zero attached hydrogens (tertiary/aromatic N) is 1. The molecule has 0 spiro atoms. The van der Waals surface area contributed by atoms with Gasteiger partial charge in [-0.3, -0.25) is 14.2 Å². The van der Waals surface area contributed by atoms with Crippen LogP contribution in [0.4, 0.5) is 13.2 Å². The van der Waals surface area contributed by atoms with Crippen molar-refractivity contribution in [2.75, 3.05) is 0 Å². The van der Waals surface area contributed by atoms with Crippen molar-refractivity contribution in [3.8, 4) is 22.6 Å². The lowest BCUT2D eigenvalue weighted by molar-refractivity contribution is -0.0887. The van der Waals surface area contributed by atoms with E-state index < -0.39 is 28.8 Å². The van der Waals surface area contributed by atoms with E-state index in [1.807, 2.05) is 54.6 Å². The number of halogens is 3. The normalized spacial score (nSPS) is 12.0. The van der Waals surface area contributed by atoms with Crippen molar-refractivity contribution in [2.45, 2.75) is 6.18 Å². The fraction of sp³-hybridized carbons (Fsp3) is 0.0345. The van der Waals surface area contributed by atoms with Gasteiger partial charge in [0.1, 0.15) is 11.3 Å². The number of fused-ring (bicyclic) bond motifs is 5. The van der Waals surface area contributed by atoms with E-state index in [0.717, 1.165) is 25.6 Å². The first-order chi connectivity index (χ1) is 17.8. The first kappa shape index (κ1) is 23.0. The van der Waals surface area contributed by atoms with E-state index in [2.05, 4.69) is 0 Å². The summed E-state index contributed by atoms with van der Waals surface area (Å²) >= 11 is 1.36. The molecule has 0 aliphatic carbocycles.